The second kappa shape index (κ2) is 3.82. The van der Waals surface area contributed by atoms with Gasteiger partial charge in [-0.2, -0.15) is 0 Å². The highest BCUT2D eigenvalue weighted by molar-refractivity contribution is 7.88. The lowest BCUT2D eigenvalue weighted by molar-refractivity contribution is 0.571. The summed E-state index contributed by atoms with van der Waals surface area (Å²) < 4.78 is 37.3. The third kappa shape index (κ3) is 2.59. The zero-order chi connectivity index (χ0) is 11.8. The zero-order valence-electron chi connectivity index (χ0n) is 9.03. The van der Waals surface area contributed by atoms with Gasteiger partial charge in [-0.15, -0.1) is 0 Å². The van der Waals surface area contributed by atoms with E-state index in [0.717, 1.165) is 24.7 Å². The van der Waals surface area contributed by atoms with Crippen LogP contribution in [0.1, 0.15) is 18.4 Å². The summed E-state index contributed by atoms with van der Waals surface area (Å²) in [6.45, 7) is 0.400. The molecule has 0 saturated heterocycles. The first-order valence-corrected chi connectivity index (χ1v) is 7.01. The summed E-state index contributed by atoms with van der Waals surface area (Å²) in [4.78, 5) is 0. The molecule has 5 heteroatoms. The molecule has 0 radical (unpaired) electrons. The maximum Gasteiger partial charge on any atom is 0.208 e. The van der Waals surface area contributed by atoms with Gasteiger partial charge in [-0.25, -0.2) is 17.5 Å². The van der Waals surface area contributed by atoms with Crippen LogP contribution in [-0.2, 0) is 15.4 Å². The number of hydrogen-bond acceptors (Lipinski definition) is 2. The fraction of sp³-hybridized carbons (Fsp3) is 0.455. The number of sulfonamides is 1. The van der Waals surface area contributed by atoms with E-state index < -0.39 is 10.0 Å². The Bertz CT molecular complexity index is 477. The maximum atomic E-state index is 12.8. The standard InChI is InChI=1S/C11H14FNO2S/c1-16(14,15)13-8-11(6-7-11)9-2-4-10(12)5-3-9/h2-5,13H,6-8H2,1H3. The average molecular weight is 243 g/mol. The van der Waals surface area contributed by atoms with Gasteiger partial charge >= 0.3 is 0 Å². The minimum Gasteiger partial charge on any atom is -0.215 e. The molecule has 0 bridgehead atoms. The van der Waals surface area contributed by atoms with Crippen molar-refractivity contribution in [1.82, 2.24) is 4.72 Å². The summed E-state index contributed by atoms with van der Waals surface area (Å²) in [5, 5.41) is 0. The van der Waals surface area contributed by atoms with E-state index in [9.17, 15) is 12.8 Å². The molecule has 0 aromatic heterocycles. The third-order valence-electron chi connectivity index (χ3n) is 2.98. The minimum atomic E-state index is -3.16. The molecule has 1 aliphatic carbocycles. The number of hydrogen-bond donors (Lipinski definition) is 1. The first kappa shape index (κ1) is 11.5. The fourth-order valence-electron chi connectivity index (χ4n) is 1.79. The van der Waals surface area contributed by atoms with E-state index in [-0.39, 0.29) is 11.2 Å². The molecule has 16 heavy (non-hydrogen) atoms. The molecule has 0 amide bonds. The Morgan fingerprint density at radius 2 is 1.88 bits per heavy atom. The van der Waals surface area contributed by atoms with Crippen LogP contribution in [0.4, 0.5) is 4.39 Å². The molecule has 0 atom stereocenters. The summed E-state index contributed by atoms with van der Waals surface area (Å²) in [6.07, 6.45) is 3.04. The average Bonchev–Trinajstić information content (AvgIpc) is 2.96. The van der Waals surface area contributed by atoms with Gasteiger partial charge in [0.25, 0.3) is 0 Å². The van der Waals surface area contributed by atoms with E-state index in [1.165, 1.54) is 12.1 Å². The van der Waals surface area contributed by atoms with Crippen LogP contribution in [0.3, 0.4) is 0 Å². The Morgan fingerprint density at radius 3 is 2.31 bits per heavy atom. The van der Waals surface area contributed by atoms with E-state index in [0.29, 0.717) is 6.54 Å². The smallest absolute Gasteiger partial charge is 0.208 e. The van der Waals surface area contributed by atoms with Crippen LogP contribution in [0.5, 0.6) is 0 Å². The predicted molar refractivity (Wildman–Crippen MR) is 60.2 cm³/mol. The van der Waals surface area contributed by atoms with Crippen molar-refractivity contribution in [3.05, 3.63) is 35.6 Å². The lowest BCUT2D eigenvalue weighted by atomic mass is 9.96. The van der Waals surface area contributed by atoms with Crippen molar-refractivity contribution in [2.24, 2.45) is 0 Å². The van der Waals surface area contributed by atoms with E-state index in [4.69, 9.17) is 0 Å². The van der Waals surface area contributed by atoms with Gasteiger partial charge in [-0.1, -0.05) is 12.1 Å². The first-order valence-electron chi connectivity index (χ1n) is 5.12. The highest BCUT2D eigenvalue weighted by Gasteiger charge is 2.44. The highest BCUT2D eigenvalue weighted by Crippen LogP contribution is 2.47. The predicted octanol–water partition coefficient (Wildman–Crippen LogP) is 1.41. The molecule has 0 heterocycles. The Kier molecular flexibility index (Phi) is 2.75. The summed E-state index contributed by atoms with van der Waals surface area (Å²) in [6, 6.07) is 6.28. The van der Waals surface area contributed by atoms with Crippen LogP contribution in [0.2, 0.25) is 0 Å². The molecule has 1 N–H and O–H groups in total. The third-order valence-corrected chi connectivity index (χ3v) is 3.65. The molecule has 1 aromatic carbocycles. The first-order chi connectivity index (χ1) is 7.41. The van der Waals surface area contributed by atoms with Crippen molar-refractivity contribution >= 4 is 10.0 Å². The van der Waals surface area contributed by atoms with Crippen molar-refractivity contribution in [1.29, 1.82) is 0 Å². The van der Waals surface area contributed by atoms with Gasteiger partial charge in [0.15, 0.2) is 0 Å². The molecule has 3 nitrogen and oxygen atoms in total. The van der Waals surface area contributed by atoms with Crippen LogP contribution >= 0.6 is 0 Å². The van der Waals surface area contributed by atoms with E-state index in [1.807, 2.05) is 0 Å². The van der Waals surface area contributed by atoms with Crippen LogP contribution in [-0.4, -0.2) is 21.2 Å². The summed E-state index contributed by atoms with van der Waals surface area (Å²) in [5.74, 6) is -0.268. The largest absolute Gasteiger partial charge is 0.215 e. The molecule has 1 aromatic rings. The zero-order valence-corrected chi connectivity index (χ0v) is 9.85. The molecule has 2 rings (SSSR count). The van der Waals surface area contributed by atoms with Crippen molar-refractivity contribution in [3.8, 4) is 0 Å². The van der Waals surface area contributed by atoms with Crippen molar-refractivity contribution < 1.29 is 12.8 Å². The van der Waals surface area contributed by atoms with Gasteiger partial charge in [0.2, 0.25) is 10.0 Å². The number of benzene rings is 1. The van der Waals surface area contributed by atoms with Gasteiger partial charge in [0, 0.05) is 12.0 Å². The molecule has 88 valence electrons. The Labute approximate surface area is 94.7 Å². The normalized spacial score (nSPS) is 18.4. The highest BCUT2D eigenvalue weighted by atomic mass is 32.2. The van der Waals surface area contributed by atoms with E-state index >= 15 is 0 Å². The van der Waals surface area contributed by atoms with Gasteiger partial charge in [-0.05, 0) is 30.5 Å². The second-order valence-electron chi connectivity index (χ2n) is 4.38. The van der Waals surface area contributed by atoms with Gasteiger partial charge < -0.3 is 0 Å². The lowest BCUT2D eigenvalue weighted by Gasteiger charge is -2.15. The Balaban J connectivity index is 2.11. The number of halogens is 1. The molecule has 0 spiro atoms. The molecule has 0 unspecified atom stereocenters. The van der Waals surface area contributed by atoms with Crippen LogP contribution in [0.25, 0.3) is 0 Å². The lowest BCUT2D eigenvalue weighted by Crippen LogP contribution is -2.31. The SMILES string of the molecule is CS(=O)(=O)NCC1(c2ccc(F)cc2)CC1. The Morgan fingerprint density at radius 1 is 1.31 bits per heavy atom. The van der Waals surface area contributed by atoms with Crippen molar-refractivity contribution in [2.75, 3.05) is 12.8 Å². The molecule has 1 aliphatic rings. The van der Waals surface area contributed by atoms with E-state index in [1.54, 1.807) is 12.1 Å². The topological polar surface area (TPSA) is 46.2 Å². The maximum absolute atomic E-state index is 12.8. The number of rotatable bonds is 4. The molecular weight excluding hydrogens is 229 g/mol. The monoisotopic (exact) mass is 243 g/mol. The molecular formula is C11H14FNO2S. The Hall–Kier alpha value is -0.940. The quantitative estimate of drug-likeness (QED) is 0.869. The molecule has 1 fully saturated rings. The van der Waals surface area contributed by atoms with Gasteiger partial charge in [-0.3, -0.25) is 0 Å². The van der Waals surface area contributed by atoms with E-state index in [2.05, 4.69) is 4.72 Å². The summed E-state index contributed by atoms with van der Waals surface area (Å²) >= 11 is 0. The second-order valence-corrected chi connectivity index (χ2v) is 6.21. The van der Waals surface area contributed by atoms with Crippen LogP contribution in [0, 0.1) is 5.82 Å². The molecule has 0 aliphatic heterocycles. The summed E-state index contributed by atoms with van der Waals surface area (Å²) in [7, 11) is -3.16. The van der Waals surface area contributed by atoms with Gasteiger partial charge in [0.05, 0.1) is 6.26 Å². The minimum absolute atomic E-state index is 0.114. The van der Waals surface area contributed by atoms with Crippen LogP contribution in [0.15, 0.2) is 24.3 Å². The van der Waals surface area contributed by atoms with Crippen LogP contribution < -0.4 is 4.72 Å². The van der Waals surface area contributed by atoms with Crippen molar-refractivity contribution in [3.63, 3.8) is 0 Å². The van der Waals surface area contributed by atoms with Gasteiger partial charge in [0.1, 0.15) is 5.82 Å². The molecule has 1 saturated carbocycles. The van der Waals surface area contributed by atoms with Crippen molar-refractivity contribution in [2.45, 2.75) is 18.3 Å². The summed E-state index contributed by atoms with van der Waals surface area (Å²) in [5.41, 5.74) is 0.890. The fourth-order valence-corrected chi connectivity index (χ4v) is 2.33. The number of nitrogens with one attached hydrogen (secondary N) is 1.